The van der Waals surface area contributed by atoms with Crippen LogP contribution >= 0.6 is 0 Å². The number of hydrogen-bond donors (Lipinski definition) is 1. The van der Waals surface area contributed by atoms with Gasteiger partial charge in [0.05, 0.1) is 13.1 Å². The summed E-state index contributed by atoms with van der Waals surface area (Å²) < 4.78 is 0. The third-order valence-corrected chi connectivity index (χ3v) is 5.03. The first-order chi connectivity index (χ1) is 13.7. The van der Waals surface area contributed by atoms with Gasteiger partial charge in [0.25, 0.3) is 0 Å². The summed E-state index contributed by atoms with van der Waals surface area (Å²) in [5.74, 6) is 0. The molecule has 1 unspecified atom stereocenters. The molecule has 1 atom stereocenters. The van der Waals surface area contributed by atoms with E-state index in [-0.39, 0.29) is 0 Å². The minimum absolute atomic E-state index is 1.02. The Kier molecular flexibility index (Phi) is 7.45. The molecule has 0 aromatic heterocycles. The first-order valence-corrected chi connectivity index (χ1v) is 10.1. The van der Waals surface area contributed by atoms with E-state index in [4.69, 9.17) is 0 Å². The second-order valence-electron chi connectivity index (χ2n) is 7.49. The zero-order chi connectivity index (χ0) is 19.6. The SMILES string of the molecule is CN(C)c1ccc(/C=C/C[NH+](CCc2ccccc2)Cc2ccccc2)cc1. The maximum atomic E-state index is 2.31. The van der Waals surface area contributed by atoms with Crippen LogP contribution in [0.1, 0.15) is 16.7 Å². The van der Waals surface area contributed by atoms with Gasteiger partial charge in [0.2, 0.25) is 0 Å². The maximum absolute atomic E-state index is 2.31. The lowest BCUT2D eigenvalue weighted by molar-refractivity contribution is -0.907. The molecule has 2 heteroatoms. The second kappa shape index (κ2) is 10.5. The number of nitrogens with zero attached hydrogens (tertiary/aromatic N) is 1. The monoisotopic (exact) mass is 371 g/mol. The van der Waals surface area contributed by atoms with Gasteiger partial charge in [0, 0.05) is 31.8 Å². The minimum Gasteiger partial charge on any atom is -0.378 e. The Morgan fingerprint density at radius 2 is 1.36 bits per heavy atom. The van der Waals surface area contributed by atoms with Crippen LogP contribution < -0.4 is 9.80 Å². The molecule has 144 valence electrons. The highest BCUT2D eigenvalue weighted by molar-refractivity contribution is 5.55. The largest absolute Gasteiger partial charge is 0.378 e. The fourth-order valence-corrected chi connectivity index (χ4v) is 3.36. The first kappa shape index (κ1) is 19.9. The molecule has 0 aliphatic rings. The van der Waals surface area contributed by atoms with E-state index in [2.05, 4.69) is 116 Å². The molecule has 0 aliphatic carbocycles. The molecular weight excluding hydrogens is 340 g/mol. The summed E-state index contributed by atoms with van der Waals surface area (Å²) in [5, 5.41) is 0. The van der Waals surface area contributed by atoms with Crippen molar-refractivity contribution >= 4 is 11.8 Å². The lowest BCUT2D eigenvalue weighted by Gasteiger charge is -2.18. The Labute approximate surface area is 169 Å². The van der Waals surface area contributed by atoms with Gasteiger partial charge in [-0.2, -0.15) is 0 Å². The summed E-state index contributed by atoms with van der Waals surface area (Å²) >= 11 is 0. The van der Waals surface area contributed by atoms with Gasteiger partial charge in [-0.15, -0.1) is 0 Å². The zero-order valence-corrected chi connectivity index (χ0v) is 17.0. The van der Waals surface area contributed by atoms with Crippen LogP contribution in [-0.4, -0.2) is 27.2 Å². The fraction of sp³-hybridized carbons (Fsp3) is 0.231. The fourth-order valence-electron chi connectivity index (χ4n) is 3.36. The Morgan fingerprint density at radius 1 is 0.750 bits per heavy atom. The number of benzene rings is 3. The molecule has 0 saturated heterocycles. The molecule has 3 rings (SSSR count). The van der Waals surface area contributed by atoms with Gasteiger partial charge < -0.3 is 9.80 Å². The topological polar surface area (TPSA) is 7.68 Å². The van der Waals surface area contributed by atoms with Crippen LogP contribution in [0.3, 0.4) is 0 Å². The summed E-state index contributed by atoms with van der Waals surface area (Å²) in [7, 11) is 4.14. The third kappa shape index (κ3) is 6.40. The van der Waals surface area contributed by atoms with E-state index in [1.54, 1.807) is 4.90 Å². The van der Waals surface area contributed by atoms with Crippen LogP contribution in [0.15, 0.2) is 91.0 Å². The van der Waals surface area contributed by atoms with E-state index in [0.717, 1.165) is 26.1 Å². The molecule has 0 bridgehead atoms. The summed E-state index contributed by atoms with van der Waals surface area (Å²) in [6.45, 7) is 3.21. The quantitative estimate of drug-likeness (QED) is 0.595. The Bertz CT molecular complexity index is 837. The molecular formula is C26H31N2+. The highest BCUT2D eigenvalue weighted by Crippen LogP contribution is 2.12. The molecule has 3 aromatic rings. The first-order valence-electron chi connectivity index (χ1n) is 10.1. The van der Waals surface area contributed by atoms with E-state index in [0.29, 0.717) is 0 Å². The van der Waals surface area contributed by atoms with Gasteiger partial charge in [0.1, 0.15) is 6.54 Å². The van der Waals surface area contributed by atoms with E-state index in [1.165, 1.54) is 22.4 Å². The highest BCUT2D eigenvalue weighted by atomic mass is 15.1. The van der Waals surface area contributed by atoms with Crippen molar-refractivity contribution in [3.8, 4) is 0 Å². The average molecular weight is 372 g/mol. The van der Waals surface area contributed by atoms with Gasteiger partial charge in [-0.25, -0.2) is 0 Å². The van der Waals surface area contributed by atoms with Gasteiger partial charge >= 0.3 is 0 Å². The zero-order valence-electron chi connectivity index (χ0n) is 17.0. The van der Waals surface area contributed by atoms with Crippen molar-refractivity contribution in [1.82, 2.24) is 0 Å². The van der Waals surface area contributed by atoms with Gasteiger partial charge in [-0.1, -0.05) is 78.9 Å². The summed E-state index contributed by atoms with van der Waals surface area (Å²) in [6, 6.07) is 30.3. The maximum Gasteiger partial charge on any atom is 0.103 e. The second-order valence-corrected chi connectivity index (χ2v) is 7.49. The predicted octanol–water partition coefficient (Wildman–Crippen LogP) is 4.09. The van der Waals surface area contributed by atoms with Crippen molar-refractivity contribution < 1.29 is 4.90 Å². The van der Waals surface area contributed by atoms with E-state index in [9.17, 15) is 0 Å². The molecule has 28 heavy (non-hydrogen) atoms. The predicted molar refractivity (Wildman–Crippen MR) is 121 cm³/mol. The molecule has 0 amide bonds. The molecule has 1 N–H and O–H groups in total. The van der Waals surface area contributed by atoms with Crippen molar-refractivity contribution in [2.24, 2.45) is 0 Å². The molecule has 0 saturated carbocycles. The Morgan fingerprint density at radius 3 is 1.96 bits per heavy atom. The van der Waals surface area contributed by atoms with Crippen molar-refractivity contribution in [3.05, 3.63) is 108 Å². The Balaban J connectivity index is 1.62. The van der Waals surface area contributed by atoms with Crippen LogP contribution in [-0.2, 0) is 13.0 Å². The van der Waals surface area contributed by atoms with Crippen molar-refractivity contribution in [1.29, 1.82) is 0 Å². The standard InChI is InChI=1S/C26H30N2/c1-27(2)26-17-15-24(16-18-26)14-9-20-28(22-25-12-7-4-8-13-25)21-19-23-10-5-3-6-11-23/h3-18H,19-22H2,1-2H3/p+1/b14-9+. The number of anilines is 1. The van der Waals surface area contributed by atoms with E-state index >= 15 is 0 Å². The molecule has 2 nitrogen and oxygen atoms in total. The van der Waals surface area contributed by atoms with E-state index in [1.807, 2.05) is 0 Å². The van der Waals surface area contributed by atoms with Gasteiger partial charge in [-0.3, -0.25) is 0 Å². The lowest BCUT2D eigenvalue weighted by Crippen LogP contribution is -3.10. The summed E-state index contributed by atoms with van der Waals surface area (Å²) in [4.78, 5) is 3.71. The summed E-state index contributed by atoms with van der Waals surface area (Å²) in [6.07, 6.45) is 5.66. The number of hydrogen-bond acceptors (Lipinski definition) is 1. The third-order valence-electron chi connectivity index (χ3n) is 5.03. The van der Waals surface area contributed by atoms with Crippen LogP contribution in [0.2, 0.25) is 0 Å². The average Bonchev–Trinajstić information content (AvgIpc) is 2.74. The van der Waals surface area contributed by atoms with E-state index < -0.39 is 0 Å². The minimum atomic E-state index is 1.02. The van der Waals surface area contributed by atoms with Gasteiger partial charge in [-0.05, 0) is 29.3 Å². The molecule has 0 aliphatic heterocycles. The van der Waals surface area contributed by atoms with Crippen LogP contribution in [0.4, 0.5) is 5.69 Å². The summed E-state index contributed by atoms with van der Waals surface area (Å²) in [5.41, 5.74) is 5.30. The van der Waals surface area contributed by atoms with Gasteiger partial charge in [0.15, 0.2) is 0 Å². The highest BCUT2D eigenvalue weighted by Gasteiger charge is 2.08. The van der Waals surface area contributed by atoms with Crippen molar-refractivity contribution in [2.45, 2.75) is 13.0 Å². The molecule has 3 aromatic carbocycles. The van der Waals surface area contributed by atoms with Crippen molar-refractivity contribution in [2.75, 3.05) is 32.1 Å². The smallest absolute Gasteiger partial charge is 0.103 e. The molecule has 0 fully saturated rings. The molecule has 0 heterocycles. The van der Waals surface area contributed by atoms with Crippen LogP contribution in [0.5, 0.6) is 0 Å². The number of nitrogens with one attached hydrogen (secondary N) is 1. The Hall–Kier alpha value is -2.84. The lowest BCUT2D eigenvalue weighted by atomic mass is 10.1. The molecule has 0 spiro atoms. The number of rotatable bonds is 9. The normalized spacial score (nSPS) is 12.2. The number of quaternary nitrogens is 1. The molecule has 0 radical (unpaired) electrons. The van der Waals surface area contributed by atoms with Crippen LogP contribution in [0.25, 0.3) is 6.08 Å². The van der Waals surface area contributed by atoms with Crippen LogP contribution in [0, 0.1) is 0 Å². The van der Waals surface area contributed by atoms with Crippen molar-refractivity contribution in [3.63, 3.8) is 0 Å².